The summed E-state index contributed by atoms with van der Waals surface area (Å²) >= 11 is 0. The first-order valence-electron chi connectivity index (χ1n) is 51.2. The number of anilines is 6. The predicted octanol–water partition coefficient (Wildman–Crippen LogP) is 38.0. The van der Waals surface area contributed by atoms with Gasteiger partial charge in [0.1, 0.15) is 0 Å². The topological polar surface area (TPSA) is 16.3 Å². The lowest BCUT2D eigenvalue weighted by Gasteiger charge is -2.35. The zero-order chi connectivity index (χ0) is 97.7. The van der Waals surface area contributed by atoms with Crippen LogP contribution in [0, 0.1) is 0 Å². The van der Waals surface area contributed by atoms with Crippen molar-refractivity contribution in [3.05, 3.63) is 627 Å². The summed E-state index contributed by atoms with van der Waals surface area (Å²) in [6.07, 6.45) is 0. The van der Waals surface area contributed by atoms with Gasteiger partial charge in [0, 0.05) is 67.0 Å². The molecule has 28 rings (SSSR count). The predicted molar refractivity (Wildman–Crippen MR) is 620 cm³/mol. The summed E-state index contributed by atoms with van der Waals surface area (Å²) < 4.78 is 4.90. The third kappa shape index (κ3) is 14.5. The zero-order valence-electron chi connectivity index (χ0n) is 81.2. The van der Waals surface area contributed by atoms with Crippen molar-refractivity contribution < 1.29 is 0 Å². The smallest absolute Gasteiger partial charge is 0.0714 e. The molecule has 0 saturated carbocycles. The fourth-order valence-electron chi connectivity index (χ4n) is 24.4. The van der Waals surface area contributed by atoms with Gasteiger partial charge in [0.05, 0.1) is 32.9 Å². The van der Waals surface area contributed by atoms with E-state index in [1.54, 1.807) is 0 Å². The Morgan fingerprint density at radius 1 is 0.142 bits per heavy atom. The van der Waals surface area contributed by atoms with E-state index < -0.39 is 10.8 Å². The molecule has 2 aliphatic carbocycles. The number of benzene rings is 24. The van der Waals surface area contributed by atoms with Crippen LogP contribution in [0.25, 0.3) is 177 Å². The Labute approximate surface area is 861 Å². The molecule has 24 aromatic carbocycles. The van der Waals surface area contributed by atoms with Gasteiger partial charge in [0.2, 0.25) is 0 Å². The second-order valence-corrected chi connectivity index (χ2v) is 39.3. The van der Waals surface area contributed by atoms with Crippen LogP contribution >= 0.6 is 0 Å². The minimum Gasteiger partial charge on any atom is -0.310 e. The number of para-hydroxylation sites is 1. The molecule has 26 aromatic rings. The second-order valence-electron chi connectivity index (χ2n) is 39.3. The maximum absolute atomic E-state index is 2.52. The standard InChI is InChI=1S/C144H96N4/c1-8-31-97(32-9-1)101-57-71-118(72-58-101)145(124-82-85-128-127-51-24-26-54-134(127)143(136(128)95-124,114-43-14-4-15-44-114)115-45-16-5-17-46-115)119-73-63-104(64-74-119)106-39-29-42-109(90-106)112-70-88-140-133(93-112)130-84-68-113(94-141(130)148(140)122-79-61-103(62-80-122)99-35-12-3-13-36-99)126-53-30-55-135-142(126)131-86-83-125(96-137(131)144(135,116-47-18-6-19-48-116)117-49-20-7-21-50-117)146(123-81-67-100-37-22-23-38-110(100)91-123)120-75-65-105(66-76-120)107-40-28-41-108(89-107)111-69-87-139-132(92-111)129-52-25-27-56-138(129)147(139)121-77-59-102(60-78-121)98-33-10-2-11-34-98/h1-96H. The van der Waals surface area contributed by atoms with Crippen LogP contribution < -0.4 is 9.80 Å². The number of aromatic nitrogens is 2. The zero-order valence-corrected chi connectivity index (χ0v) is 81.2. The summed E-state index contributed by atoms with van der Waals surface area (Å²) in [6, 6.07) is 217. The number of fused-ring (bicyclic) bond motifs is 13. The molecule has 692 valence electrons. The summed E-state index contributed by atoms with van der Waals surface area (Å²) in [5, 5.41) is 7.15. The normalized spacial score (nSPS) is 12.6. The van der Waals surface area contributed by atoms with Gasteiger partial charge in [0.25, 0.3) is 0 Å². The molecule has 0 unspecified atom stereocenters. The van der Waals surface area contributed by atoms with Crippen LogP contribution in [0.5, 0.6) is 0 Å². The Morgan fingerprint density at radius 2 is 0.446 bits per heavy atom. The van der Waals surface area contributed by atoms with Crippen LogP contribution in [0.2, 0.25) is 0 Å². The third-order valence-electron chi connectivity index (χ3n) is 31.3. The first-order valence-corrected chi connectivity index (χ1v) is 51.2. The third-order valence-corrected chi connectivity index (χ3v) is 31.3. The molecule has 0 N–H and O–H groups in total. The Morgan fingerprint density at radius 3 is 0.946 bits per heavy atom. The summed E-state index contributed by atoms with van der Waals surface area (Å²) in [6.45, 7) is 0. The van der Waals surface area contributed by atoms with Crippen molar-refractivity contribution in [2.45, 2.75) is 10.8 Å². The quantitative estimate of drug-likeness (QED) is 0.0756. The van der Waals surface area contributed by atoms with Gasteiger partial charge < -0.3 is 18.9 Å². The lowest BCUT2D eigenvalue weighted by atomic mass is 9.67. The average Bonchev–Trinajstić information content (AvgIpc) is 1.54. The molecule has 0 fully saturated rings. The van der Waals surface area contributed by atoms with Crippen molar-refractivity contribution in [1.82, 2.24) is 9.13 Å². The number of hydrogen-bond donors (Lipinski definition) is 0. The number of rotatable bonds is 20. The van der Waals surface area contributed by atoms with E-state index in [9.17, 15) is 0 Å². The van der Waals surface area contributed by atoms with E-state index in [2.05, 4.69) is 601 Å². The van der Waals surface area contributed by atoms with Crippen molar-refractivity contribution in [3.8, 4) is 123 Å². The highest BCUT2D eigenvalue weighted by Crippen LogP contribution is 2.62. The highest BCUT2D eigenvalue weighted by molar-refractivity contribution is 6.14. The van der Waals surface area contributed by atoms with Crippen molar-refractivity contribution in [3.63, 3.8) is 0 Å². The number of nitrogens with zero attached hydrogens (tertiary/aromatic N) is 4. The van der Waals surface area contributed by atoms with Gasteiger partial charge in [-0.05, 0) is 312 Å². The molecule has 2 aliphatic rings. The van der Waals surface area contributed by atoms with Gasteiger partial charge >= 0.3 is 0 Å². The molecule has 0 radical (unpaired) electrons. The fourth-order valence-corrected chi connectivity index (χ4v) is 24.4. The largest absolute Gasteiger partial charge is 0.310 e. The van der Waals surface area contributed by atoms with Crippen LogP contribution in [0.3, 0.4) is 0 Å². The SMILES string of the molecule is c1ccc(-c2ccc(N(c3ccc(-c4cccc(-c5ccc6c(c5)c5ccc(-c7cccc8c7-c7ccc(N(c9ccc(-c%10cccc(-c%11ccc%12c(c%11)c%11ccccc%11n%12-c%11ccc(-c%12ccccc%12)cc%11)c%10)cc9)c9ccc%10ccccc%10c9)cc7C8(c7ccccc7)c7ccccc7)cc5n6-c5ccc(-c6ccccc6)cc5)c4)cc3)c3ccc4c(c3)C(c3ccccc3)(c3ccccc3)c3ccccc3-4)cc2)cc1. The van der Waals surface area contributed by atoms with E-state index >= 15 is 0 Å². The van der Waals surface area contributed by atoms with E-state index in [1.807, 2.05) is 0 Å². The molecule has 0 spiro atoms. The summed E-state index contributed by atoms with van der Waals surface area (Å²) in [7, 11) is 0. The highest BCUT2D eigenvalue weighted by atomic mass is 15.1. The Hall–Kier alpha value is -19.3. The maximum Gasteiger partial charge on any atom is 0.0714 e. The summed E-state index contributed by atoms with van der Waals surface area (Å²) in [5.74, 6) is 0. The molecular formula is C144H96N4. The molecule has 2 heterocycles. The molecule has 0 atom stereocenters. The van der Waals surface area contributed by atoms with Crippen LogP contribution in [0.4, 0.5) is 34.1 Å². The molecular weight excluding hydrogens is 1790 g/mol. The van der Waals surface area contributed by atoms with Crippen LogP contribution in [0.15, 0.2) is 582 Å². The van der Waals surface area contributed by atoms with Gasteiger partial charge in [-0.15, -0.1) is 0 Å². The lowest BCUT2D eigenvalue weighted by molar-refractivity contribution is 0.768. The van der Waals surface area contributed by atoms with Crippen molar-refractivity contribution >= 4 is 88.5 Å². The van der Waals surface area contributed by atoms with E-state index in [0.29, 0.717) is 0 Å². The van der Waals surface area contributed by atoms with E-state index in [1.165, 1.54) is 149 Å². The molecule has 0 bridgehead atoms. The van der Waals surface area contributed by atoms with E-state index in [0.717, 1.165) is 107 Å². The fraction of sp³-hybridized carbons (Fsp3) is 0.0139. The van der Waals surface area contributed by atoms with Gasteiger partial charge in [-0.3, -0.25) is 0 Å². The molecule has 4 heteroatoms. The van der Waals surface area contributed by atoms with Crippen LogP contribution in [-0.2, 0) is 10.8 Å². The summed E-state index contributed by atoms with van der Waals surface area (Å²) in [4.78, 5) is 4.91. The van der Waals surface area contributed by atoms with Gasteiger partial charge in [-0.2, -0.15) is 0 Å². The van der Waals surface area contributed by atoms with Gasteiger partial charge in [-0.25, -0.2) is 0 Å². The molecule has 148 heavy (non-hydrogen) atoms. The lowest BCUT2D eigenvalue weighted by Crippen LogP contribution is -2.28. The Balaban J connectivity index is 0.545. The molecule has 0 amide bonds. The van der Waals surface area contributed by atoms with E-state index in [4.69, 9.17) is 0 Å². The first-order chi connectivity index (χ1) is 73.4. The minimum absolute atomic E-state index is 0.568. The first kappa shape index (κ1) is 86.6. The molecule has 0 saturated heterocycles. The Kier molecular flexibility index (Phi) is 21.1. The maximum atomic E-state index is 2.52. The van der Waals surface area contributed by atoms with Gasteiger partial charge in [-0.1, -0.05) is 437 Å². The molecule has 4 nitrogen and oxygen atoms in total. The molecule has 0 aliphatic heterocycles. The summed E-state index contributed by atoms with van der Waals surface area (Å²) in [5.41, 5.74) is 45.2. The second kappa shape index (κ2) is 36.0. The van der Waals surface area contributed by atoms with Crippen LogP contribution in [-0.4, -0.2) is 9.13 Å². The average molecular weight is 1880 g/mol. The highest BCUT2D eigenvalue weighted by Gasteiger charge is 2.49. The minimum atomic E-state index is -0.757. The van der Waals surface area contributed by atoms with Crippen molar-refractivity contribution in [1.29, 1.82) is 0 Å². The van der Waals surface area contributed by atoms with Gasteiger partial charge in [0.15, 0.2) is 0 Å². The Bertz CT molecular complexity index is 9500. The monoisotopic (exact) mass is 1880 g/mol. The van der Waals surface area contributed by atoms with E-state index in [-0.39, 0.29) is 0 Å². The molecule has 2 aromatic heterocycles. The van der Waals surface area contributed by atoms with Crippen LogP contribution in [0.1, 0.15) is 44.5 Å². The number of hydrogen-bond acceptors (Lipinski definition) is 2. The van der Waals surface area contributed by atoms with Crippen molar-refractivity contribution in [2.75, 3.05) is 9.80 Å². The van der Waals surface area contributed by atoms with Crippen molar-refractivity contribution in [2.24, 2.45) is 0 Å².